The van der Waals surface area contributed by atoms with Crippen molar-refractivity contribution in [2.75, 3.05) is 5.73 Å². The number of hydrogen-bond donors (Lipinski definition) is 3. The lowest BCUT2D eigenvalue weighted by Crippen LogP contribution is -2.24. The highest BCUT2D eigenvalue weighted by atomic mass is 32.2. The maximum absolute atomic E-state index is 13.5. The van der Waals surface area contributed by atoms with Crippen LogP contribution in [0.3, 0.4) is 0 Å². The van der Waals surface area contributed by atoms with Gasteiger partial charge in [0.05, 0.1) is 11.9 Å². The third-order valence-corrected chi connectivity index (χ3v) is 3.78. The molecule has 0 atom stereocenters. The zero-order valence-electron chi connectivity index (χ0n) is 9.52. The molecule has 0 bridgehead atoms. The van der Waals surface area contributed by atoms with Gasteiger partial charge in [-0.1, -0.05) is 0 Å². The molecule has 1 heterocycles. The first-order valence-corrected chi connectivity index (χ1v) is 6.60. The predicted molar refractivity (Wildman–Crippen MR) is 63.4 cm³/mol. The van der Waals surface area contributed by atoms with E-state index in [9.17, 15) is 17.2 Å². The van der Waals surface area contributed by atoms with Crippen molar-refractivity contribution in [1.29, 1.82) is 0 Å². The van der Waals surface area contributed by atoms with Gasteiger partial charge in [-0.2, -0.15) is 5.10 Å². The second-order valence-electron chi connectivity index (χ2n) is 3.74. The van der Waals surface area contributed by atoms with E-state index in [0.717, 1.165) is 6.07 Å². The van der Waals surface area contributed by atoms with Crippen molar-refractivity contribution >= 4 is 15.7 Å². The summed E-state index contributed by atoms with van der Waals surface area (Å²) in [6, 6.07) is 1.17. The number of H-pyrrole nitrogens is 1. The average Bonchev–Trinajstić information content (AvgIpc) is 2.84. The highest BCUT2D eigenvalue weighted by molar-refractivity contribution is 7.89. The fraction of sp³-hybridized carbons (Fsp3) is 0.100. The second kappa shape index (κ2) is 4.94. The number of aromatic nitrogens is 2. The first kappa shape index (κ1) is 13.4. The van der Waals surface area contributed by atoms with Crippen LogP contribution in [-0.4, -0.2) is 18.6 Å². The van der Waals surface area contributed by atoms with E-state index in [1.165, 1.54) is 12.4 Å². The van der Waals surface area contributed by atoms with E-state index in [0.29, 0.717) is 11.6 Å². The molecule has 102 valence electrons. The molecular formula is C10H10F2N4O2S. The van der Waals surface area contributed by atoms with Gasteiger partial charge in [0, 0.05) is 24.4 Å². The van der Waals surface area contributed by atoms with Gasteiger partial charge < -0.3 is 5.73 Å². The Hall–Kier alpha value is -2.00. The van der Waals surface area contributed by atoms with Gasteiger partial charge >= 0.3 is 0 Å². The van der Waals surface area contributed by atoms with Gasteiger partial charge in [-0.05, 0) is 6.07 Å². The molecule has 0 unspecified atom stereocenters. The fourth-order valence-corrected chi connectivity index (χ4v) is 2.49. The van der Waals surface area contributed by atoms with Crippen molar-refractivity contribution in [3.63, 3.8) is 0 Å². The Morgan fingerprint density at radius 3 is 2.68 bits per heavy atom. The highest BCUT2D eigenvalue weighted by Gasteiger charge is 2.21. The van der Waals surface area contributed by atoms with Gasteiger partial charge in [-0.3, -0.25) is 5.10 Å². The number of nitrogens with zero attached hydrogens (tertiary/aromatic N) is 1. The highest BCUT2D eigenvalue weighted by Crippen LogP contribution is 2.20. The first-order valence-electron chi connectivity index (χ1n) is 5.12. The lowest BCUT2D eigenvalue weighted by atomic mass is 10.3. The van der Waals surface area contributed by atoms with Crippen LogP contribution in [0.1, 0.15) is 5.56 Å². The summed E-state index contributed by atoms with van der Waals surface area (Å²) in [7, 11) is -4.12. The number of nitrogens with one attached hydrogen (secondary N) is 2. The summed E-state index contributed by atoms with van der Waals surface area (Å²) in [6.07, 6.45) is 2.90. The summed E-state index contributed by atoms with van der Waals surface area (Å²) in [4.78, 5) is -0.699. The van der Waals surface area contributed by atoms with Crippen LogP contribution in [-0.2, 0) is 16.6 Å². The Bertz CT molecular complexity index is 686. The van der Waals surface area contributed by atoms with Crippen LogP contribution >= 0.6 is 0 Å². The van der Waals surface area contributed by atoms with Crippen molar-refractivity contribution in [3.8, 4) is 0 Å². The Labute approximate surface area is 107 Å². The first-order chi connectivity index (χ1) is 8.90. The molecule has 0 aliphatic carbocycles. The number of aromatic amines is 1. The summed E-state index contributed by atoms with van der Waals surface area (Å²) in [5.41, 5.74) is 5.36. The standard InChI is InChI=1S/C10H10F2N4O2S/c11-7-1-8(12)10(2-9(7)13)19(17,18)16-5-6-3-14-15-4-6/h1-4,16H,5,13H2,(H,14,15). The Balaban J connectivity index is 2.27. The van der Waals surface area contributed by atoms with E-state index >= 15 is 0 Å². The van der Waals surface area contributed by atoms with Crippen LogP contribution in [0.4, 0.5) is 14.5 Å². The minimum absolute atomic E-state index is 0.0739. The van der Waals surface area contributed by atoms with Gasteiger partial charge in [0.15, 0.2) is 0 Å². The van der Waals surface area contributed by atoms with E-state index in [1.807, 2.05) is 0 Å². The van der Waals surface area contributed by atoms with E-state index < -0.39 is 32.2 Å². The van der Waals surface area contributed by atoms with Gasteiger partial charge in [-0.25, -0.2) is 21.9 Å². The molecule has 2 rings (SSSR count). The molecule has 0 radical (unpaired) electrons. The maximum atomic E-state index is 13.5. The second-order valence-corrected chi connectivity index (χ2v) is 5.47. The molecular weight excluding hydrogens is 278 g/mol. The van der Waals surface area contributed by atoms with Crippen LogP contribution in [0.5, 0.6) is 0 Å². The summed E-state index contributed by atoms with van der Waals surface area (Å²) in [6.45, 7) is -0.0739. The van der Waals surface area contributed by atoms with E-state index in [2.05, 4.69) is 14.9 Å². The quantitative estimate of drug-likeness (QED) is 0.722. The zero-order chi connectivity index (χ0) is 14.0. The minimum atomic E-state index is -4.12. The predicted octanol–water partition coefficient (Wildman–Crippen LogP) is 0.749. The lowest BCUT2D eigenvalue weighted by Gasteiger charge is -2.08. The van der Waals surface area contributed by atoms with Crippen LogP contribution in [0.15, 0.2) is 29.4 Å². The van der Waals surface area contributed by atoms with Crippen LogP contribution in [0.25, 0.3) is 0 Å². The van der Waals surface area contributed by atoms with Crippen molar-refractivity contribution in [3.05, 3.63) is 41.7 Å². The monoisotopic (exact) mass is 288 g/mol. The number of sulfonamides is 1. The van der Waals surface area contributed by atoms with Gasteiger partial charge in [0.2, 0.25) is 10.0 Å². The maximum Gasteiger partial charge on any atom is 0.243 e. The summed E-state index contributed by atoms with van der Waals surface area (Å²) < 4.78 is 52.3. The molecule has 4 N–H and O–H groups in total. The number of hydrogen-bond acceptors (Lipinski definition) is 4. The van der Waals surface area contributed by atoms with Crippen molar-refractivity contribution in [2.45, 2.75) is 11.4 Å². The molecule has 1 aromatic heterocycles. The molecule has 2 aromatic rings. The number of rotatable bonds is 4. The number of benzene rings is 1. The largest absolute Gasteiger partial charge is 0.396 e. The third kappa shape index (κ3) is 2.88. The molecule has 0 aliphatic heterocycles. The van der Waals surface area contributed by atoms with Crippen LogP contribution in [0, 0.1) is 11.6 Å². The molecule has 0 saturated carbocycles. The lowest BCUT2D eigenvalue weighted by molar-refractivity contribution is 0.544. The van der Waals surface area contributed by atoms with E-state index in [4.69, 9.17) is 5.73 Å². The zero-order valence-corrected chi connectivity index (χ0v) is 10.3. The van der Waals surface area contributed by atoms with Crippen LogP contribution < -0.4 is 10.5 Å². The van der Waals surface area contributed by atoms with Crippen molar-refractivity contribution in [2.24, 2.45) is 0 Å². The number of nitrogen functional groups attached to an aromatic ring is 1. The third-order valence-electron chi connectivity index (χ3n) is 2.36. The molecule has 0 amide bonds. The Kier molecular flexibility index (Phi) is 3.49. The van der Waals surface area contributed by atoms with Crippen molar-refractivity contribution < 1.29 is 17.2 Å². The molecule has 1 aromatic carbocycles. The number of anilines is 1. The minimum Gasteiger partial charge on any atom is -0.396 e. The number of nitrogens with two attached hydrogens (primary N) is 1. The average molecular weight is 288 g/mol. The normalized spacial score (nSPS) is 11.7. The topological polar surface area (TPSA) is 101 Å². The summed E-state index contributed by atoms with van der Waals surface area (Å²) >= 11 is 0. The molecule has 9 heteroatoms. The molecule has 6 nitrogen and oxygen atoms in total. The molecule has 0 spiro atoms. The molecule has 0 saturated heterocycles. The van der Waals surface area contributed by atoms with Gasteiger partial charge in [-0.15, -0.1) is 0 Å². The SMILES string of the molecule is Nc1cc(S(=O)(=O)NCc2cn[nH]c2)c(F)cc1F. The Morgan fingerprint density at radius 2 is 2.05 bits per heavy atom. The molecule has 19 heavy (non-hydrogen) atoms. The smallest absolute Gasteiger partial charge is 0.243 e. The van der Waals surface area contributed by atoms with E-state index in [-0.39, 0.29) is 6.54 Å². The summed E-state index contributed by atoms with van der Waals surface area (Å²) in [5, 5.41) is 6.14. The van der Waals surface area contributed by atoms with Gasteiger partial charge in [0.1, 0.15) is 16.5 Å². The molecule has 0 aliphatic rings. The molecule has 0 fully saturated rings. The summed E-state index contributed by atoms with van der Waals surface area (Å²) in [5.74, 6) is -2.21. The van der Waals surface area contributed by atoms with Crippen LogP contribution in [0.2, 0.25) is 0 Å². The number of halogens is 2. The fourth-order valence-electron chi connectivity index (χ4n) is 1.38. The Morgan fingerprint density at radius 1 is 1.32 bits per heavy atom. The van der Waals surface area contributed by atoms with Crippen molar-refractivity contribution in [1.82, 2.24) is 14.9 Å². The van der Waals surface area contributed by atoms with Gasteiger partial charge in [0.25, 0.3) is 0 Å². The van der Waals surface area contributed by atoms with E-state index in [1.54, 1.807) is 0 Å².